The van der Waals surface area contributed by atoms with Crippen molar-refractivity contribution in [2.24, 2.45) is 11.7 Å². The van der Waals surface area contributed by atoms with Gasteiger partial charge in [0.05, 0.1) is 18.4 Å². The Morgan fingerprint density at radius 3 is 2.56 bits per heavy atom. The Kier molecular flexibility index (Phi) is 4.10. The standard InChI is InChI=1S/C14H20N4/c1-11(2)14(12-6-4-3-5-7-12)13-10-16-17-18(13)9-8-15/h3-7,10-11,14H,8-9,15H2,1-2H3/t14-/m0/s1. The molecule has 0 saturated heterocycles. The number of nitrogens with two attached hydrogens (primary N) is 1. The van der Waals surface area contributed by atoms with Crippen LogP contribution in [0.15, 0.2) is 36.5 Å². The Labute approximate surface area is 108 Å². The monoisotopic (exact) mass is 244 g/mol. The van der Waals surface area contributed by atoms with Crippen LogP contribution >= 0.6 is 0 Å². The average Bonchev–Trinajstić information content (AvgIpc) is 2.79. The lowest BCUT2D eigenvalue weighted by molar-refractivity contribution is 0.494. The van der Waals surface area contributed by atoms with Crippen molar-refractivity contribution in [3.05, 3.63) is 47.8 Å². The number of benzene rings is 1. The van der Waals surface area contributed by atoms with Gasteiger partial charge in [-0.05, 0) is 11.5 Å². The van der Waals surface area contributed by atoms with Gasteiger partial charge in [0, 0.05) is 12.5 Å². The Balaban J connectivity index is 2.39. The lowest BCUT2D eigenvalue weighted by Crippen LogP contribution is -2.18. The van der Waals surface area contributed by atoms with E-state index in [2.05, 4.69) is 48.4 Å². The largest absolute Gasteiger partial charge is 0.329 e. The van der Waals surface area contributed by atoms with Crippen molar-refractivity contribution in [1.29, 1.82) is 0 Å². The summed E-state index contributed by atoms with van der Waals surface area (Å²) in [7, 11) is 0. The molecule has 4 nitrogen and oxygen atoms in total. The first-order valence-corrected chi connectivity index (χ1v) is 6.37. The molecule has 2 rings (SSSR count). The lowest BCUT2D eigenvalue weighted by atomic mass is 9.86. The van der Waals surface area contributed by atoms with Crippen LogP contribution in [0.2, 0.25) is 0 Å². The molecule has 0 aliphatic carbocycles. The maximum absolute atomic E-state index is 5.61. The van der Waals surface area contributed by atoms with Gasteiger partial charge in [0.25, 0.3) is 0 Å². The summed E-state index contributed by atoms with van der Waals surface area (Å²) in [6.07, 6.45) is 1.85. The number of hydrogen-bond acceptors (Lipinski definition) is 3. The molecule has 0 radical (unpaired) electrons. The summed E-state index contributed by atoms with van der Waals surface area (Å²) in [6.45, 7) is 5.73. The SMILES string of the molecule is CC(C)[C@@H](c1ccccc1)c1cnnn1CCN. The summed E-state index contributed by atoms with van der Waals surface area (Å²) in [6, 6.07) is 10.5. The fourth-order valence-corrected chi connectivity index (χ4v) is 2.36. The van der Waals surface area contributed by atoms with Crippen LogP contribution < -0.4 is 5.73 Å². The van der Waals surface area contributed by atoms with Crippen LogP contribution in [-0.4, -0.2) is 21.5 Å². The van der Waals surface area contributed by atoms with E-state index in [1.807, 2.05) is 16.9 Å². The molecule has 0 aliphatic rings. The van der Waals surface area contributed by atoms with Crippen LogP contribution in [0.1, 0.15) is 31.0 Å². The molecule has 4 heteroatoms. The molecular formula is C14H20N4. The van der Waals surface area contributed by atoms with E-state index in [-0.39, 0.29) is 0 Å². The summed E-state index contributed by atoms with van der Waals surface area (Å²) in [5, 5.41) is 8.15. The quantitative estimate of drug-likeness (QED) is 0.875. The minimum Gasteiger partial charge on any atom is -0.329 e. The van der Waals surface area contributed by atoms with Crippen molar-refractivity contribution in [2.75, 3.05) is 6.54 Å². The molecule has 0 amide bonds. The fraction of sp³-hybridized carbons (Fsp3) is 0.429. The zero-order valence-electron chi connectivity index (χ0n) is 11.0. The van der Waals surface area contributed by atoms with Crippen molar-refractivity contribution < 1.29 is 0 Å². The fourth-order valence-electron chi connectivity index (χ4n) is 2.36. The average molecular weight is 244 g/mol. The first-order valence-electron chi connectivity index (χ1n) is 6.37. The van der Waals surface area contributed by atoms with E-state index in [4.69, 9.17) is 5.73 Å². The van der Waals surface area contributed by atoms with Gasteiger partial charge < -0.3 is 5.73 Å². The lowest BCUT2D eigenvalue weighted by Gasteiger charge is -2.21. The first kappa shape index (κ1) is 12.8. The van der Waals surface area contributed by atoms with Gasteiger partial charge in [-0.3, -0.25) is 0 Å². The number of rotatable bonds is 5. The predicted octanol–water partition coefficient (Wildman–Crippen LogP) is 2.02. The third-order valence-electron chi connectivity index (χ3n) is 3.13. The molecule has 0 spiro atoms. The Morgan fingerprint density at radius 1 is 1.22 bits per heavy atom. The van der Waals surface area contributed by atoms with Gasteiger partial charge >= 0.3 is 0 Å². The molecule has 2 aromatic rings. The van der Waals surface area contributed by atoms with Crippen LogP contribution in [0.4, 0.5) is 0 Å². The highest BCUT2D eigenvalue weighted by Gasteiger charge is 2.22. The van der Waals surface area contributed by atoms with Crippen LogP contribution in [-0.2, 0) is 6.54 Å². The third-order valence-corrected chi connectivity index (χ3v) is 3.13. The molecule has 2 N–H and O–H groups in total. The van der Waals surface area contributed by atoms with Gasteiger partial charge in [-0.25, -0.2) is 4.68 Å². The van der Waals surface area contributed by atoms with Crippen LogP contribution in [0.5, 0.6) is 0 Å². The van der Waals surface area contributed by atoms with E-state index in [0.29, 0.717) is 24.9 Å². The first-order chi connectivity index (χ1) is 8.74. The third kappa shape index (κ3) is 2.59. The van der Waals surface area contributed by atoms with E-state index >= 15 is 0 Å². The molecule has 0 aliphatic heterocycles. The van der Waals surface area contributed by atoms with E-state index in [0.717, 1.165) is 5.69 Å². The van der Waals surface area contributed by atoms with Crippen LogP contribution in [0.25, 0.3) is 0 Å². The highest BCUT2D eigenvalue weighted by Crippen LogP contribution is 2.30. The minimum atomic E-state index is 0.313. The molecule has 1 heterocycles. The summed E-state index contributed by atoms with van der Waals surface area (Å²) in [4.78, 5) is 0. The van der Waals surface area contributed by atoms with E-state index in [1.54, 1.807) is 0 Å². The maximum atomic E-state index is 5.61. The number of nitrogens with zero attached hydrogens (tertiary/aromatic N) is 3. The van der Waals surface area contributed by atoms with Gasteiger partial charge in [-0.15, -0.1) is 5.10 Å². The summed E-state index contributed by atoms with van der Waals surface area (Å²) in [5.74, 6) is 0.801. The molecule has 1 aromatic carbocycles. The van der Waals surface area contributed by atoms with E-state index in [1.165, 1.54) is 5.56 Å². The molecule has 18 heavy (non-hydrogen) atoms. The second-order valence-corrected chi connectivity index (χ2v) is 4.80. The van der Waals surface area contributed by atoms with Crippen LogP contribution in [0.3, 0.4) is 0 Å². The second kappa shape index (κ2) is 5.78. The normalized spacial score (nSPS) is 12.9. The van der Waals surface area contributed by atoms with Crippen LogP contribution in [0, 0.1) is 5.92 Å². The Hall–Kier alpha value is -1.68. The molecular weight excluding hydrogens is 224 g/mol. The zero-order chi connectivity index (χ0) is 13.0. The molecule has 96 valence electrons. The van der Waals surface area contributed by atoms with Gasteiger partial charge in [0.1, 0.15) is 0 Å². The molecule has 0 saturated carbocycles. The Bertz CT molecular complexity index is 476. The van der Waals surface area contributed by atoms with E-state index in [9.17, 15) is 0 Å². The summed E-state index contributed by atoms with van der Waals surface area (Å²) in [5.41, 5.74) is 8.05. The predicted molar refractivity (Wildman–Crippen MR) is 72.2 cm³/mol. The molecule has 0 bridgehead atoms. The van der Waals surface area contributed by atoms with Gasteiger partial charge in [-0.2, -0.15) is 0 Å². The van der Waals surface area contributed by atoms with Gasteiger partial charge in [0.2, 0.25) is 0 Å². The maximum Gasteiger partial charge on any atom is 0.0731 e. The number of hydrogen-bond donors (Lipinski definition) is 1. The van der Waals surface area contributed by atoms with Crippen molar-refractivity contribution >= 4 is 0 Å². The molecule has 0 unspecified atom stereocenters. The summed E-state index contributed by atoms with van der Waals surface area (Å²) < 4.78 is 1.91. The highest BCUT2D eigenvalue weighted by molar-refractivity contribution is 5.28. The smallest absolute Gasteiger partial charge is 0.0731 e. The summed E-state index contributed by atoms with van der Waals surface area (Å²) >= 11 is 0. The van der Waals surface area contributed by atoms with Crippen molar-refractivity contribution in [3.63, 3.8) is 0 Å². The molecule has 1 aromatic heterocycles. The topological polar surface area (TPSA) is 56.7 Å². The van der Waals surface area contributed by atoms with Gasteiger partial charge in [-0.1, -0.05) is 49.4 Å². The van der Waals surface area contributed by atoms with Crippen molar-refractivity contribution in [2.45, 2.75) is 26.3 Å². The van der Waals surface area contributed by atoms with E-state index < -0.39 is 0 Å². The molecule has 1 atom stereocenters. The second-order valence-electron chi connectivity index (χ2n) is 4.80. The molecule has 0 fully saturated rings. The minimum absolute atomic E-state index is 0.313. The van der Waals surface area contributed by atoms with Gasteiger partial charge in [0.15, 0.2) is 0 Å². The highest BCUT2D eigenvalue weighted by atomic mass is 15.4. The van der Waals surface area contributed by atoms with Crippen molar-refractivity contribution in [1.82, 2.24) is 15.0 Å². The zero-order valence-corrected chi connectivity index (χ0v) is 11.0. The number of aromatic nitrogens is 3. The Morgan fingerprint density at radius 2 is 1.94 bits per heavy atom. The van der Waals surface area contributed by atoms with Crippen molar-refractivity contribution in [3.8, 4) is 0 Å².